The topological polar surface area (TPSA) is 15.3 Å². The lowest BCUT2D eigenvalue weighted by Gasteiger charge is -2.47. The summed E-state index contributed by atoms with van der Waals surface area (Å²) in [7, 11) is 2.27. The second-order valence-electron chi connectivity index (χ2n) is 6.04. The van der Waals surface area contributed by atoms with E-state index in [0.717, 1.165) is 17.6 Å². The number of fused-ring (bicyclic) bond motifs is 2. The predicted molar refractivity (Wildman–Crippen MR) is 75.5 cm³/mol. The van der Waals surface area contributed by atoms with Crippen LogP contribution in [0.25, 0.3) is 0 Å². The van der Waals surface area contributed by atoms with Crippen LogP contribution in [0, 0.1) is 5.82 Å². The van der Waals surface area contributed by atoms with E-state index in [4.69, 9.17) is 0 Å². The predicted octanol–water partition coefficient (Wildman–Crippen LogP) is 2.93. The summed E-state index contributed by atoms with van der Waals surface area (Å²) in [5.74, 6) is -0.0943. The lowest BCUT2D eigenvalue weighted by Crippen LogP contribution is -2.54. The molecule has 104 valence electrons. The zero-order valence-electron chi connectivity index (χ0n) is 11.6. The fourth-order valence-corrected chi connectivity index (χ4v) is 3.68. The first-order chi connectivity index (χ1) is 9.24. The summed E-state index contributed by atoms with van der Waals surface area (Å²) < 4.78 is 13.6. The second-order valence-corrected chi connectivity index (χ2v) is 6.04. The van der Waals surface area contributed by atoms with Crippen molar-refractivity contribution in [1.29, 1.82) is 0 Å². The Morgan fingerprint density at radius 1 is 1.21 bits per heavy atom. The Balaban J connectivity index is 1.58. The van der Waals surface area contributed by atoms with Gasteiger partial charge in [-0.15, -0.1) is 0 Å². The van der Waals surface area contributed by atoms with Gasteiger partial charge in [0.05, 0.1) is 0 Å². The monoisotopic (exact) mass is 262 g/mol. The molecule has 0 amide bonds. The minimum absolute atomic E-state index is 0.0943. The van der Waals surface area contributed by atoms with Crippen LogP contribution >= 0.6 is 0 Å². The molecule has 2 nitrogen and oxygen atoms in total. The van der Waals surface area contributed by atoms with E-state index >= 15 is 0 Å². The number of halogens is 1. The Morgan fingerprint density at radius 3 is 2.58 bits per heavy atom. The molecule has 0 aromatic heterocycles. The molecule has 3 heteroatoms. The van der Waals surface area contributed by atoms with Crippen LogP contribution in [0.5, 0.6) is 0 Å². The average Bonchev–Trinajstić information content (AvgIpc) is 2.38. The molecule has 0 radical (unpaired) electrons. The summed E-state index contributed by atoms with van der Waals surface area (Å²) in [5, 5.41) is 3.56. The molecule has 0 spiro atoms. The number of hydrogen-bond acceptors (Lipinski definition) is 2. The van der Waals surface area contributed by atoms with E-state index in [2.05, 4.69) is 17.3 Å². The zero-order chi connectivity index (χ0) is 13.2. The Bertz CT molecular complexity index is 421. The van der Waals surface area contributed by atoms with Crippen molar-refractivity contribution in [1.82, 2.24) is 10.2 Å². The quantitative estimate of drug-likeness (QED) is 0.901. The molecule has 19 heavy (non-hydrogen) atoms. The number of nitrogens with zero attached hydrogens (tertiary/aromatic N) is 1. The summed E-state index contributed by atoms with van der Waals surface area (Å²) >= 11 is 0. The molecule has 2 heterocycles. The van der Waals surface area contributed by atoms with E-state index in [1.54, 1.807) is 12.1 Å². The zero-order valence-corrected chi connectivity index (χ0v) is 11.6. The lowest BCUT2D eigenvalue weighted by molar-refractivity contribution is 0.0482. The maximum atomic E-state index is 13.6. The molecule has 2 aliphatic rings. The molecule has 1 aromatic rings. The number of hydrogen-bond donors (Lipinski definition) is 1. The van der Waals surface area contributed by atoms with Crippen LogP contribution in [-0.2, 0) is 6.54 Å². The third-order valence-corrected chi connectivity index (χ3v) is 4.88. The molecule has 2 unspecified atom stereocenters. The maximum absolute atomic E-state index is 13.6. The third kappa shape index (κ3) is 2.82. The fourth-order valence-electron chi connectivity index (χ4n) is 3.68. The highest BCUT2D eigenvalue weighted by molar-refractivity contribution is 5.17. The van der Waals surface area contributed by atoms with E-state index in [1.807, 2.05) is 12.1 Å². The van der Waals surface area contributed by atoms with Gasteiger partial charge in [0, 0.05) is 30.2 Å². The average molecular weight is 262 g/mol. The van der Waals surface area contributed by atoms with E-state index in [1.165, 1.54) is 32.1 Å². The fraction of sp³-hybridized carbons (Fsp3) is 0.625. The summed E-state index contributed by atoms with van der Waals surface area (Å²) in [5.41, 5.74) is 0.784. The first kappa shape index (κ1) is 13.1. The summed E-state index contributed by atoms with van der Waals surface area (Å²) in [6, 6.07) is 9.07. The molecule has 3 rings (SSSR count). The third-order valence-electron chi connectivity index (χ3n) is 4.88. The Kier molecular flexibility index (Phi) is 3.85. The van der Waals surface area contributed by atoms with Crippen molar-refractivity contribution < 1.29 is 4.39 Å². The van der Waals surface area contributed by atoms with Crippen molar-refractivity contribution in [3.05, 3.63) is 35.6 Å². The van der Waals surface area contributed by atoms with Crippen molar-refractivity contribution in [3.8, 4) is 0 Å². The van der Waals surface area contributed by atoms with Crippen molar-refractivity contribution >= 4 is 0 Å². The van der Waals surface area contributed by atoms with Crippen molar-refractivity contribution in [3.63, 3.8) is 0 Å². The molecular weight excluding hydrogens is 239 g/mol. The lowest BCUT2D eigenvalue weighted by atomic mass is 9.82. The van der Waals surface area contributed by atoms with Gasteiger partial charge in [0.25, 0.3) is 0 Å². The van der Waals surface area contributed by atoms with Gasteiger partial charge in [-0.05, 0) is 38.8 Å². The summed E-state index contributed by atoms with van der Waals surface area (Å²) in [6.07, 6.45) is 6.44. The Labute approximate surface area is 115 Å². The van der Waals surface area contributed by atoms with E-state index in [-0.39, 0.29) is 5.82 Å². The highest BCUT2D eigenvalue weighted by atomic mass is 19.1. The molecule has 1 aromatic carbocycles. The molecule has 2 bridgehead atoms. The van der Waals surface area contributed by atoms with Crippen LogP contribution in [0.1, 0.15) is 37.7 Å². The highest BCUT2D eigenvalue weighted by Gasteiger charge is 2.35. The van der Waals surface area contributed by atoms with Crippen LogP contribution in [-0.4, -0.2) is 30.1 Å². The van der Waals surface area contributed by atoms with Crippen molar-refractivity contribution in [2.24, 2.45) is 0 Å². The Hall–Kier alpha value is -0.930. The van der Waals surface area contributed by atoms with Gasteiger partial charge in [-0.3, -0.25) is 0 Å². The van der Waals surface area contributed by atoms with Gasteiger partial charge in [-0.1, -0.05) is 24.6 Å². The normalized spacial score (nSPS) is 31.4. The van der Waals surface area contributed by atoms with Gasteiger partial charge in [0.2, 0.25) is 0 Å². The molecule has 0 saturated carbocycles. The number of piperidine rings is 2. The second kappa shape index (κ2) is 5.59. The number of nitrogens with one attached hydrogen (secondary N) is 1. The maximum Gasteiger partial charge on any atom is 0.127 e. The minimum Gasteiger partial charge on any atom is -0.310 e. The SMILES string of the molecule is CN1C2CCCC1CC(NCc1ccccc1F)C2. The van der Waals surface area contributed by atoms with Gasteiger partial charge < -0.3 is 10.2 Å². The summed E-state index contributed by atoms with van der Waals surface area (Å²) in [6.45, 7) is 0.653. The molecule has 2 atom stereocenters. The summed E-state index contributed by atoms with van der Waals surface area (Å²) in [4.78, 5) is 2.56. The number of benzene rings is 1. The van der Waals surface area contributed by atoms with Crippen LogP contribution < -0.4 is 5.32 Å². The molecule has 0 aliphatic carbocycles. The van der Waals surface area contributed by atoms with E-state index < -0.39 is 0 Å². The smallest absolute Gasteiger partial charge is 0.127 e. The van der Waals surface area contributed by atoms with Crippen LogP contribution in [0.3, 0.4) is 0 Å². The van der Waals surface area contributed by atoms with Crippen LogP contribution in [0.15, 0.2) is 24.3 Å². The molecule has 2 saturated heterocycles. The van der Waals surface area contributed by atoms with E-state index in [0.29, 0.717) is 12.6 Å². The van der Waals surface area contributed by atoms with E-state index in [9.17, 15) is 4.39 Å². The van der Waals surface area contributed by atoms with Crippen molar-refractivity contribution in [2.45, 2.75) is 56.8 Å². The highest BCUT2D eigenvalue weighted by Crippen LogP contribution is 2.32. The van der Waals surface area contributed by atoms with Gasteiger partial charge >= 0.3 is 0 Å². The first-order valence-corrected chi connectivity index (χ1v) is 7.43. The van der Waals surface area contributed by atoms with Gasteiger partial charge in [0.15, 0.2) is 0 Å². The Morgan fingerprint density at radius 2 is 1.89 bits per heavy atom. The standard InChI is InChI=1S/C16H23FN2/c1-19-14-6-4-7-15(19)10-13(9-14)18-11-12-5-2-3-8-16(12)17/h2-3,5,8,13-15,18H,4,6-7,9-11H2,1H3. The molecular formula is C16H23FN2. The van der Waals surface area contributed by atoms with Crippen LogP contribution in [0.2, 0.25) is 0 Å². The minimum atomic E-state index is -0.0943. The largest absolute Gasteiger partial charge is 0.310 e. The van der Waals surface area contributed by atoms with Gasteiger partial charge in [0.1, 0.15) is 5.82 Å². The molecule has 1 N–H and O–H groups in total. The van der Waals surface area contributed by atoms with Crippen LogP contribution in [0.4, 0.5) is 4.39 Å². The number of rotatable bonds is 3. The molecule has 2 fully saturated rings. The first-order valence-electron chi connectivity index (χ1n) is 7.43. The van der Waals surface area contributed by atoms with Gasteiger partial charge in [-0.2, -0.15) is 0 Å². The van der Waals surface area contributed by atoms with Crippen molar-refractivity contribution in [2.75, 3.05) is 7.05 Å². The van der Waals surface area contributed by atoms with Gasteiger partial charge in [-0.25, -0.2) is 4.39 Å². The molecule has 2 aliphatic heterocycles.